The van der Waals surface area contributed by atoms with Crippen molar-refractivity contribution >= 4 is 35.2 Å². The molecule has 30 heavy (non-hydrogen) atoms. The molecule has 0 spiro atoms. The van der Waals surface area contributed by atoms with Gasteiger partial charge in [-0.3, -0.25) is 9.59 Å². The van der Waals surface area contributed by atoms with Gasteiger partial charge in [-0.15, -0.1) is 11.8 Å². The molecule has 1 N–H and O–H groups in total. The topological polar surface area (TPSA) is 75.7 Å². The Bertz CT molecular complexity index is 918. The summed E-state index contributed by atoms with van der Waals surface area (Å²) in [4.78, 5) is 39.6. The summed E-state index contributed by atoms with van der Waals surface area (Å²) < 4.78 is 5.23. The van der Waals surface area contributed by atoms with Gasteiger partial charge < -0.3 is 15.0 Å². The van der Waals surface area contributed by atoms with Gasteiger partial charge in [-0.2, -0.15) is 0 Å². The summed E-state index contributed by atoms with van der Waals surface area (Å²) in [6, 6.07) is 12.7. The molecule has 0 unspecified atom stereocenters. The molecule has 0 atom stereocenters. The summed E-state index contributed by atoms with van der Waals surface area (Å²) in [5.74, 6) is -0.621. The third-order valence-electron chi connectivity index (χ3n) is 5.00. The lowest BCUT2D eigenvalue weighted by atomic mass is 10.1. The maximum Gasteiger partial charge on any atom is 0.339 e. The van der Waals surface area contributed by atoms with E-state index in [0.29, 0.717) is 10.5 Å². The number of nitrogens with zero attached hydrogens (tertiary/aromatic N) is 1. The van der Waals surface area contributed by atoms with Crippen molar-refractivity contribution in [2.24, 2.45) is 0 Å². The average molecular weight is 427 g/mol. The molecule has 1 heterocycles. The third kappa shape index (κ3) is 5.63. The minimum atomic E-state index is -0.580. The number of aryl methyl sites for hydroxylation is 2. The highest BCUT2D eigenvalue weighted by Gasteiger charge is 2.20. The number of para-hydroxylation sites is 1. The van der Waals surface area contributed by atoms with E-state index in [1.165, 1.54) is 11.8 Å². The van der Waals surface area contributed by atoms with Crippen LogP contribution in [0.25, 0.3) is 0 Å². The molecule has 1 aliphatic rings. The van der Waals surface area contributed by atoms with Crippen molar-refractivity contribution in [1.82, 2.24) is 4.90 Å². The van der Waals surface area contributed by atoms with Crippen molar-refractivity contribution in [3.63, 3.8) is 0 Å². The molecule has 2 amide bonds. The first-order valence-corrected chi connectivity index (χ1v) is 11.0. The number of ether oxygens (including phenoxy) is 1. The second kappa shape index (κ2) is 10.3. The summed E-state index contributed by atoms with van der Waals surface area (Å²) in [6.07, 6.45) is 2.09. The number of hydrogen-bond acceptors (Lipinski definition) is 5. The minimum Gasteiger partial charge on any atom is -0.452 e. The van der Waals surface area contributed by atoms with Gasteiger partial charge in [-0.05, 0) is 49.9 Å². The molecule has 1 saturated heterocycles. The van der Waals surface area contributed by atoms with E-state index < -0.39 is 11.9 Å². The van der Waals surface area contributed by atoms with Gasteiger partial charge in [0.15, 0.2) is 6.61 Å². The first kappa shape index (κ1) is 21.9. The van der Waals surface area contributed by atoms with Crippen LogP contribution in [-0.2, 0) is 14.3 Å². The zero-order chi connectivity index (χ0) is 21.5. The van der Waals surface area contributed by atoms with Gasteiger partial charge >= 0.3 is 5.97 Å². The van der Waals surface area contributed by atoms with Crippen LogP contribution in [0.4, 0.5) is 5.69 Å². The highest BCUT2D eigenvalue weighted by Crippen LogP contribution is 2.24. The molecule has 1 fully saturated rings. The standard InChI is InChI=1S/C23H26N2O4S/c1-16-8-7-9-17(2)22(16)24-20(26)14-29-23(28)18-10-3-4-11-19(18)30-15-21(27)25-12-5-6-13-25/h3-4,7-11H,5-6,12-15H2,1-2H3,(H,24,26). The average Bonchev–Trinajstić information content (AvgIpc) is 3.28. The summed E-state index contributed by atoms with van der Waals surface area (Å²) in [6.45, 7) is 5.05. The number of carbonyl (C=O) groups is 3. The highest BCUT2D eigenvalue weighted by molar-refractivity contribution is 8.00. The number of likely N-dealkylation sites (tertiary alicyclic amines) is 1. The quantitative estimate of drug-likeness (QED) is 0.538. The van der Waals surface area contributed by atoms with Crippen LogP contribution in [0.2, 0.25) is 0 Å². The Morgan fingerprint density at radius 1 is 1.00 bits per heavy atom. The Hall–Kier alpha value is -2.80. The van der Waals surface area contributed by atoms with E-state index in [1.807, 2.05) is 43.0 Å². The summed E-state index contributed by atoms with van der Waals surface area (Å²) in [5.41, 5.74) is 2.98. The molecule has 0 bridgehead atoms. The van der Waals surface area contributed by atoms with Crippen LogP contribution in [-0.4, -0.2) is 48.1 Å². The predicted octanol–water partition coefficient (Wildman–Crippen LogP) is 3.81. The largest absolute Gasteiger partial charge is 0.452 e. The van der Waals surface area contributed by atoms with E-state index in [0.717, 1.165) is 42.7 Å². The zero-order valence-corrected chi connectivity index (χ0v) is 18.1. The van der Waals surface area contributed by atoms with Gasteiger partial charge in [-0.1, -0.05) is 30.3 Å². The van der Waals surface area contributed by atoms with Crippen molar-refractivity contribution in [2.45, 2.75) is 31.6 Å². The van der Waals surface area contributed by atoms with Crippen LogP contribution in [0, 0.1) is 13.8 Å². The molecular weight excluding hydrogens is 400 g/mol. The van der Waals surface area contributed by atoms with Crippen LogP contribution < -0.4 is 5.32 Å². The van der Waals surface area contributed by atoms with Crippen molar-refractivity contribution in [3.05, 3.63) is 59.2 Å². The second-order valence-corrected chi connectivity index (χ2v) is 8.28. The summed E-state index contributed by atoms with van der Waals surface area (Å²) in [7, 11) is 0. The summed E-state index contributed by atoms with van der Waals surface area (Å²) >= 11 is 1.32. The van der Waals surface area contributed by atoms with E-state index in [9.17, 15) is 14.4 Å². The maximum absolute atomic E-state index is 12.5. The lowest BCUT2D eigenvalue weighted by molar-refractivity contribution is -0.127. The smallest absolute Gasteiger partial charge is 0.339 e. The Balaban J connectivity index is 1.56. The summed E-state index contributed by atoms with van der Waals surface area (Å²) in [5, 5.41) is 2.80. The Labute approximate surface area is 181 Å². The van der Waals surface area contributed by atoms with Gasteiger partial charge in [0, 0.05) is 23.7 Å². The molecule has 6 nitrogen and oxygen atoms in total. The first-order valence-electron chi connectivity index (χ1n) is 9.98. The fourth-order valence-electron chi connectivity index (χ4n) is 3.35. The molecule has 158 valence electrons. The molecule has 0 aromatic heterocycles. The Morgan fingerprint density at radius 3 is 2.37 bits per heavy atom. The van der Waals surface area contributed by atoms with Gasteiger partial charge in [0.2, 0.25) is 5.91 Å². The van der Waals surface area contributed by atoms with Crippen molar-refractivity contribution in [2.75, 3.05) is 30.8 Å². The molecule has 0 aliphatic carbocycles. The fraction of sp³-hybridized carbons (Fsp3) is 0.348. The number of rotatable bonds is 7. The molecule has 7 heteroatoms. The number of thioether (sulfide) groups is 1. The monoisotopic (exact) mass is 426 g/mol. The second-order valence-electron chi connectivity index (χ2n) is 7.26. The fourth-order valence-corrected chi connectivity index (χ4v) is 4.30. The molecule has 0 radical (unpaired) electrons. The number of anilines is 1. The molecule has 2 aromatic rings. The minimum absolute atomic E-state index is 0.0775. The van der Waals surface area contributed by atoms with Gasteiger partial charge in [0.1, 0.15) is 0 Å². The maximum atomic E-state index is 12.5. The first-order chi connectivity index (χ1) is 14.5. The number of amides is 2. The van der Waals surface area contributed by atoms with Gasteiger partial charge in [0.05, 0.1) is 11.3 Å². The molecule has 3 rings (SSSR count). The molecule has 1 aliphatic heterocycles. The van der Waals surface area contributed by atoms with Crippen LogP contribution in [0.1, 0.15) is 34.3 Å². The number of benzene rings is 2. The van der Waals surface area contributed by atoms with Crippen LogP contribution in [0.5, 0.6) is 0 Å². The zero-order valence-electron chi connectivity index (χ0n) is 17.3. The van der Waals surface area contributed by atoms with Crippen LogP contribution >= 0.6 is 11.8 Å². The predicted molar refractivity (Wildman–Crippen MR) is 118 cm³/mol. The van der Waals surface area contributed by atoms with E-state index in [2.05, 4.69) is 5.32 Å². The third-order valence-corrected chi connectivity index (χ3v) is 6.06. The number of nitrogens with one attached hydrogen (secondary N) is 1. The molecule has 0 saturated carbocycles. The van der Waals surface area contributed by atoms with Crippen LogP contribution in [0.15, 0.2) is 47.4 Å². The Kier molecular flexibility index (Phi) is 7.52. The SMILES string of the molecule is Cc1cccc(C)c1NC(=O)COC(=O)c1ccccc1SCC(=O)N1CCCC1. The molecule has 2 aromatic carbocycles. The van der Waals surface area contributed by atoms with E-state index in [1.54, 1.807) is 18.2 Å². The van der Waals surface area contributed by atoms with Crippen molar-refractivity contribution in [3.8, 4) is 0 Å². The number of carbonyl (C=O) groups excluding carboxylic acids is 3. The number of hydrogen-bond donors (Lipinski definition) is 1. The highest BCUT2D eigenvalue weighted by atomic mass is 32.2. The van der Waals surface area contributed by atoms with Crippen molar-refractivity contribution < 1.29 is 19.1 Å². The molecular formula is C23H26N2O4S. The van der Waals surface area contributed by atoms with E-state index in [4.69, 9.17) is 4.74 Å². The van der Waals surface area contributed by atoms with E-state index >= 15 is 0 Å². The van der Waals surface area contributed by atoms with Gasteiger partial charge in [0.25, 0.3) is 5.91 Å². The lowest BCUT2D eigenvalue weighted by Crippen LogP contribution is -2.29. The normalized spacial score (nSPS) is 13.2. The van der Waals surface area contributed by atoms with Gasteiger partial charge in [-0.25, -0.2) is 4.79 Å². The van der Waals surface area contributed by atoms with Crippen molar-refractivity contribution in [1.29, 1.82) is 0 Å². The number of esters is 1. The van der Waals surface area contributed by atoms with E-state index in [-0.39, 0.29) is 18.3 Å². The Morgan fingerprint density at radius 2 is 1.67 bits per heavy atom. The lowest BCUT2D eigenvalue weighted by Gasteiger charge is -2.15. The van der Waals surface area contributed by atoms with Crippen LogP contribution in [0.3, 0.4) is 0 Å².